The molecule has 0 bridgehead atoms. The molecular formula is C25H29NO15. The first-order valence-electron chi connectivity index (χ1n) is 12.0. The Hall–Kier alpha value is -4.73. The topological polar surface area (TPSA) is 216 Å². The number of hydrogen-bond acceptors (Lipinski definition) is 14. The first kappa shape index (κ1) is 32.5. The number of carboxylic acid groups (broad SMARTS) is 1. The summed E-state index contributed by atoms with van der Waals surface area (Å²) in [5, 5.41) is 11.4. The van der Waals surface area contributed by atoms with Crippen molar-refractivity contribution in [3.8, 4) is 0 Å². The number of alkyl carbamates (subject to hydrolysis) is 1. The van der Waals surface area contributed by atoms with E-state index in [0.717, 1.165) is 27.9 Å². The Morgan fingerprint density at radius 1 is 0.854 bits per heavy atom. The van der Waals surface area contributed by atoms with Crippen molar-refractivity contribution in [3.63, 3.8) is 0 Å². The molecule has 0 aromatic heterocycles. The molecule has 1 heterocycles. The van der Waals surface area contributed by atoms with Crippen molar-refractivity contribution in [1.29, 1.82) is 0 Å². The molecule has 2 rings (SSSR count). The molecule has 1 aliphatic rings. The maximum absolute atomic E-state index is 12.7. The zero-order valence-corrected chi connectivity index (χ0v) is 22.4. The smallest absolute Gasteiger partial charge is 0.410 e. The Morgan fingerprint density at radius 2 is 1.41 bits per heavy atom. The fraction of sp³-hybridized carbons (Fsp3) is 0.480. The SMILES string of the molecule is COC(=O)[C@H]1OC(OC(=O)NC(CC(=O)OCc2ccccc2)C(=O)O)[C@H](OC(C)=O)[C@@H](OC(C)=O)[C@@H]1OC(C)=O. The van der Waals surface area contributed by atoms with Crippen LogP contribution in [-0.4, -0.2) is 90.9 Å². The number of carbonyl (C=O) groups excluding carboxylic acids is 6. The number of aliphatic carboxylic acids is 1. The summed E-state index contributed by atoms with van der Waals surface area (Å²) < 4.78 is 35.5. The second-order valence-electron chi connectivity index (χ2n) is 8.46. The average Bonchev–Trinajstić information content (AvgIpc) is 2.89. The summed E-state index contributed by atoms with van der Waals surface area (Å²) in [4.78, 5) is 84.4. The number of esters is 5. The molecule has 0 radical (unpaired) electrons. The predicted molar refractivity (Wildman–Crippen MR) is 129 cm³/mol. The number of benzene rings is 1. The normalized spacial score (nSPS) is 22.2. The molecule has 41 heavy (non-hydrogen) atoms. The van der Waals surface area contributed by atoms with Crippen LogP contribution >= 0.6 is 0 Å². The van der Waals surface area contributed by atoms with Gasteiger partial charge in [0.05, 0.1) is 13.5 Å². The van der Waals surface area contributed by atoms with Crippen LogP contribution in [0.2, 0.25) is 0 Å². The Kier molecular flexibility index (Phi) is 12.0. The highest BCUT2D eigenvalue weighted by atomic mass is 16.8. The Morgan fingerprint density at radius 3 is 1.95 bits per heavy atom. The zero-order chi connectivity index (χ0) is 30.7. The lowest BCUT2D eigenvalue weighted by molar-refractivity contribution is -0.288. The van der Waals surface area contributed by atoms with Gasteiger partial charge in [-0.25, -0.2) is 14.4 Å². The van der Waals surface area contributed by atoms with E-state index in [9.17, 15) is 38.7 Å². The molecule has 2 N–H and O–H groups in total. The minimum atomic E-state index is -2.02. The van der Waals surface area contributed by atoms with Gasteiger partial charge in [0.1, 0.15) is 12.6 Å². The second kappa shape index (κ2) is 15.2. The molecule has 16 heteroatoms. The van der Waals surface area contributed by atoms with Crippen LogP contribution in [0, 0.1) is 0 Å². The predicted octanol–water partition coefficient (Wildman–Crippen LogP) is -0.00770. The van der Waals surface area contributed by atoms with Gasteiger partial charge in [-0.3, -0.25) is 19.2 Å². The van der Waals surface area contributed by atoms with Crippen LogP contribution in [-0.2, 0) is 68.5 Å². The van der Waals surface area contributed by atoms with E-state index in [4.69, 9.17) is 28.4 Å². The molecule has 0 saturated carbocycles. The van der Waals surface area contributed by atoms with Crippen molar-refractivity contribution < 1.29 is 71.8 Å². The van der Waals surface area contributed by atoms with E-state index >= 15 is 0 Å². The van der Waals surface area contributed by atoms with Crippen LogP contribution in [0.3, 0.4) is 0 Å². The number of ether oxygens (including phenoxy) is 7. The fourth-order valence-electron chi connectivity index (χ4n) is 3.62. The van der Waals surface area contributed by atoms with Crippen molar-refractivity contribution in [2.45, 2.75) is 70.5 Å². The maximum atomic E-state index is 12.7. The van der Waals surface area contributed by atoms with Gasteiger partial charge < -0.3 is 43.6 Å². The largest absolute Gasteiger partial charge is 0.480 e. The van der Waals surface area contributed by atoms with Gasteiger partial charge in [0, 0.05) is 20.8 Å². The second-order valence-corrected chi connectivity index (χ2v) is 8.46. The summed E-state index contributed by atoms with van der Waals surface area (Å²) in [5.41, 5.74) is 0.639. The Labute approximate surface area is 233 Å². The molecule has 224 valence electrons. The number of amides is 1. The summed E-state index contributed by atoms with van der Waals surface area (Å²) in [6.45, 7) is 2.76. The van der Waals surface area contributed by atoms with Crippen molar-refractivity contribution in [2.75, 3.05) is 7.11 Å². The third-order valence-corrected chi connectivity index (χ3v) is 5.26. The quantitative estimate of drug-likeness (QED) is 0.259. The van der Waals surface area contributed by atoms with Crippen molar-refractivity contribution in [2.24, 2.45) is 0 Å². The number of carboxylic acids is 1. The molecule has 1 aromatic carbocycles. The summed E-state index contributed by atoms with van der Waals surface area (Å²) in [6.07, 6.45) is -11.4. The van der Waals surface area contributed by atoms with Crippen molar-refractivity contribution >= 4 is 41.9 Å². The van der Waals surface area contributed by atoms with E-state index in [-0.39, 0.29) is 6.61 Å². The average molecular weight is 583 g/mol. The standard InChI is InChI=1S/C25H29NO15/c1-12(27)37-18-19(38-13(2)28)21(39-14(3)29)24(40-20(18)23(33)35-4)41-25(34)26-16(22(31)32)10-17(30)36-11-15-8-6-5-7-9-15/h5-9,16,18-21,24H,10-11H2,1-4H3,(H,26,34)(H,31,32)/t16?,18-,19-,20-,21+,24?/m0/s1. The summed E-state index contributed by atoms with van der Waals surface area (Å²) in [6, 6.07) is 6.69. The van der Waals surface area contributed by atoms with E-state index < -0.39 is 85.1 Å². The molecule has 6 atom stereocenters. The van der Waals surface area contributed by atoms with Gasteiger partial charge in [-0.2, -0.15) is 0 Å². The van der Waals surface area contributed by atoms with Gasteiger partial charge in [-0.05, 0) is 5.56 Å². The first-order chi connectivity index (χ1) is 19.3. The van der Waals surface area contributed by atoms with Gasteiger partial charge in [0.2, 0.25) is 12.4 Å². The lowest BCUT2D eigenvalue weighted by atomic mass is 9.97. The fourth-order valence-corrected chi connectivity index (χ4v) is 3.62. The van der Waals surface area contributed by atoms with Crippen LogP contribution in [0.5, 0.6) is 0 Å². The first-order valence-corrected chi connectivity index (χ1v) is 12.0. The monoisotopic (exact) mass is 583 g/mol. The molecule has 0 aliphatic carbocycles. The third-order valence-electron chi connectivity index (χ3n) is 5.26. The van der Waals surface area contributed by atoms with Crippen LogP contribution in [0.15, 0.2) is 30.3 Å². The molecule has 2 unspecified atom stereocenters. The zero-order valence-electron chi connectivity index (χ0n) is 22.4. The van der Waals surface area contributed by atoms with Crippen LogP contribution in [0.4, 0.5) is 4.79 Å². The van der Waals surface area contributed by atoms with E-state index in [0.29, 0.717) is 5.56 Å². The minimum absolute atomic E-state index is 0.146. The van der Waals surface area contributed by atoms with Crippen LogP contribution < -0.4 is 5.32 Å². The Balaban J connectivity index is 2.24. The highest BCUT2D eigenvalue weighted by Crippen LogP contribution is 2.30. The van der Waals surface area contributed by atoms with Gasteiger partial charge in [-0.15, -0.1) is 0 Å². The summed E-state index contributed by atoms with van der Waals surface area (Å²) >= 11 is 0. The van der Waals surface area contributed by atoms with Gasteiger partial charge in [-0.1, -0.05) is 30.3 Å². The Bertz CT molecular complexity index is 1140. The lowest BCUT2D eigenvalue weighted by Crippen LogP contribution is -2.64. The molecular weight excluding hydrogens is 554 g/mol. The van der Waals surface area contributed by atoms with Crippen LogP contribution in [0.25, 0.3) is 0 Å². The maximum Gasteiger partial charge on any atom is 0.410 e. The van der Waals surface area contributed by atoms with Gasteiger partial charge >= 0.3 is 41.9 Å². The van der Waals surface area contributed by atoms with E-state index in [1.807, 2.05) is 5.32 Å². The highest BCUT2D eigenvalue weighted by Gasteiger charge is 2.56. The highest BCUT2D eigenvalue weighted by molar-refractivity contribution is 5.85. The third kappa shape index (κ3) is 10.1. The number of rotatable bonds is 11. The van der Waals surface area contributed by atoms with E-state index in [1.54, 1.807) is 30.3 Å². The van der Waals surface area contributed by atoms with E-state index in [1.165, 1.54) is 0 Å². The van der Waals surface area contributed by atoms with Crippen molar-refractivity contribution in [3.05, 3.63) is 35.9 Å². The molecule has 16 nitrogen and oxygen atoms in total. The van der Waals surface area contributed by atoms with Crippen LogP contribution in [0.1, 0.15) is 32.8 Å². The van der Waals surface area contributed by atoms with Gasteiger partial charge in [0.25, 0.3) is 0 Å². The molecule has 1 fully saturated rings. The minimum Gasteiger partial charge on any atom is -0.480 e. The van der Waals surface area contributed by atoms with E-state index in [2.05, 4.69) is 4.74 Å². The summed E-state index contributed by atoms with van der Waals surface area (Å²) in [5.74, 6) is -6.61. The van der Waals surface area contributed by atoms with Gasteiger partial charge in [0.15, 0.2) is 18.3 Å². The number of nitrogens with one attached hydrogen (secondary N) is 1. The molecule has 1 amide bonds. The molecule has 0 spiro atoms. The number of carbonyl (C=O) groups is 7. The molecule has 1 aromatic rings. The van der Waals surface area contributed by atoms with Crippen molar-refractivity contribution in [1.82, 2.24) is 5.32 Å². The number of methoxy groups -OCH3 is 1. The molecule has 1 saturated heterocycles. The number of hydrogen-bond donors (Lipinski definition) is 2. The summed E-state index contributed by atoms with van der Waals surface area (Å²) in [7, 11) is 0.965. The molecule has 1 aliphatic heterocycles. The lowest BCUT2D eigenvalue weighted by Gasteiger charge is -2.42.